The number of hydrogen-bond acceptors (Lipinski definition) is 4. The molecule has 6 nitrogen and oxygen atoms in total. The molecule has 7 heteroatoms. The highest BCUT2D eigenvalue weighted by atomic mass is 19.1. The van der Waals surface area contributed by atoms with Crippen molar-refractivity contribution in [2.24, 2.45) is 5.92 Å². The number of fused-ring (bicyclic) bond motifs is 1. The molecule has 2 aromatic heterocycles. The van der Waals surface area contributed by atoms with E-state index in [1.165, 1.54) is 17.7 Å². The van der Waals surface area contributed by atoms with Crippen LogP contribution in [0.4, 0.5) is 4.39 Å². The van der Waals surface area contributed by atoms with Crippen molar-refractivity contribution < 1.29 is 13.9 Å². The molecule has 2 saturated heterocycles. The molecule has 2 aliphatic rings. The van der Waals surface area contributed by atoms with E-state index in [1.54, 1.807) is 6.07 Å². The zero-order valence-corrected chi connectivity index (χ0v) is 18.8. The van der Waals surface area contributed by atoms with Crippen molar-refractivity contribution in [2.45, 2.75) is 39.3 Å². The van der Waals surface area contributed by atoms with E-state index in [9.17, 15) is 9.18 Å². The van der Waals surface area contributed by atoms with Crippen LogP contribution in [-0.4, -0.2) is 58.6 Å². The fourth-order valence-electron chi connectivity index (χ4n) is 4.90. The van der Waals surface area contributed by atoms with Crippen LogP contribution >= 0.6 is 0 Å². The Morgan fingerprint density at radius 3 is 2.62 bits per heavy atom. The first-order chi connectivity index (χ1) is 15.4. The molecule has 0 radical (unpaired) electrons. The van der Waals surface area contributed by atoms with Gasteiger partial charge < -0.3 is 19.4 Å². The van der Waals surface area contributed by atoms with Crippen LogP contribution in [0.15, 0.2) is 36.7 Å². The largest absolute Gasteiger partial charge is 0.377 e. The van der Waals surface area contributed by atoms with E-state index in [0.717, 1.165) is 42.0 Å². The number of aryl methyl sites for hydroxylation is 1. The number of morpholine rings is 1. The minimum Gasteiger partial charge on any atom is -0.377 e. The predicted octanol–water partition coefficient (Wildman–Crippen LogP) is 3.46. The molecule has 1 N–H and O–H groups in total. The monoisotopic (exact) mass is 436 g/mol. The van der Waals surface area contributed by atoms with Crippen LogP contribution in [0.1, 0.15) is 35.6 Å². The summed E-state index contributed by atoms with van der Waals surface area (Å²) in [4.78, 5) is 20.0. The van der Waals surface area contributed by atoms with Crippen molar-refractivity contribution in [3.8, 4) is 11.1 Å². The number of benzene rings is 1. The van der Waals surface area contributed by atoms with Gasteiger partial charge in [-0.15, -0.1) is 0 Å². The molecule has 168 valence electrons. The normalized spacial score (nSPS) is 21.7. The number of imidazole rings is 1. The zero-order valence-electron chi connectivity index (χ0n) is 18.8. The Kier molecular flexibility index (Phi) is 5.47. The summed E-state index contributed by atoms with van der Waals surface area (Å²) in [6.07, 6.45) is 4.92. The number of pyridine rings is 1. The highest BCUT2D eigenvalue weighted by molar-refractivity contribution is 6.03. The van der Waals surface area contributed by atoms with Gasteiger partial charge in [0.25, 0.3) is 5.91 Å². The average molecular weight is 437 g/mol. The number of ether oxygens (including phenoxy) is 1. The summed E-state index contributed by atoms with van der Waals surface area (Å²) in [5, 5.41) is 3.32. The fraction of sp³-hybridized carbons (Fsp3) is 0.440. The molecular weight excluding hydrogens is 407 g/mol. The van der Waals surface area contributed by atoms with Crippen LogP contribution in [-0.2, 0) is 11.2 Å². The average Bonchev–Trinajstić information content (AvgIpc) is 3.11. The van der Waals surface area contributed by atoms with Gasteiger partial charge in [0.2, 0.25) is 0 Å². The third-order valence-corrected chi connectivity index (χ3v) is 6.68. The molecule has 0 spiro atoms. The van der Waals surface area contributed by atoms with Crippen LogP contribution in [0.25, 0.3) is 16.6 Å². The quantitative estimate of drug-likeness (QED) is 0.681. The van der Waals surface area contributed by atoms with Gasteiger partial charge in [-0.05, 0) is 75.5 Å². The molecule has 1 amide bonds. The van der Waals surface area contributed by atoms with Gasteiger partial charge in [0.1, 0.15) is 11.6 Å². The Morgan fingerprint density at radius 2 is 1.94 bits per heavy atom. The smallest absolute Gasteiger partial charge is 0.255 e. The SMILES string of the molecule is Cc1ncc2c(-c3ccc(F)cc3C(=O)N3[C@H](C)COC[C@H]3C)cc(CC3CNC3)cn12. The first-order valence-corrected chi connectivity index (χ1v) is 11.3. The van der Waals surface area contributed by atoms with Gasteiger partial charge in [-0.25, -0.2) is 9.37 Å². The van der Waals surface area contributed by atoms with Gasteiger partial charge in [0, 0.05) is 11.8 Å². The van der Waals surface area contributed by atoms with Crippen molar-refractivity contribution in [3.05, 3.63) is 59.4 Å². The molecule has 5 rings (SSSR count). The lowest BCUT2D eigenvalue weighted by Gasteiger charge is -2.39. The lowest BCUT2D eigenvalue weighted by Crippen LogP contribution is -2.52. The molecule has 32 heavy (non-hydrogen) atoms. The predicted molar refractivity (Wildman–Crippen MR) is 121 cm³/mol. The molecule has 4 heterocycles. The number of amides is 1. The van der Waals surface area contributed by atoms with Crippen LogP contribution in [0.3, 0.4) is 0 Å². The number of halogens is 1. The molecule has 2 fully saturated rings. The summed E-state index contributed by atoms with van der Waals surface area (Å²) in [6, 6.07) is 6.53. The second-order valence-corrected chi connectivity index (χ2v) is 9.19. The first-order valence-electron chi connectivity index (χ1n) is 11.3. The Labute approximate surface area is 187 Å². The molecule has 0 unspecified atom stereocenters. The molecule has 2 atom stereocenters. The highest BCUT2D eigenvalue weighted by Gasteiger charge is 2.32. The minimum absolute atomic E-state index is 0.0722. The van der Waals surface area contributed by atoms with E-state index in [2.05, 4.69) is 27.0 Å². The van der Waals surface area contributed by atoms with E-state index >= 15 is 0 Å². The highest BCUT2D eigenvalue weighted by Crippen LogP contribution is 2.33. The van der Waals surface area contributed by atoms with E-state index in [4.69, 9.17) is 4.74 Å². The fourth-order valence-corrected chi connectivity index (χ4v) is 4.90. The number of rotatable bonds is 4. The van der Waals surface area contributed by atoms with Crippen molar-refractivity contribution in [3.63, 3.8) is 0 Å². The summed E-state index contributed by atoms with van der Waals surface area (Å²) >= 11 is 0. The first kappa shape index (κ1) is 21.1. The van der Waals surface area contributed by atoms with Gasteiger partial charge in [-0.3, -0.25) is 4.79 Å². The zero-order chi connectivity index (χ0) is 22.4. The molecule has 1 aromatic carbocycles. The van der Waals surface area contributed by atoms with Crippen LogP contribution in [0.5, 0.6) is 0 Å². The van der Waals surface area contributed by atoms with Crippen molar-refractivity contribution in [1.29, 1.82) is 0 Å². The maximum absolute atomic E-state index is 14.4. The van der Waals surface area contributed by atoms with Gasteiger partial charge in [-0.1, -0.05) is 6.07 Å². The number of aromatic nitrogens is 2. The third kappa shape index (κ3) is 3.69. The summed E-state index contributed by atoms with van der Waals surface area (Å²) in [7, 11) is 0. The molecule has 3 aromatic rings. The minimum atomic E-state index is -0.414. The second kappa shape index (κ2) is 8.30. The van der Waals surface area contributed by atoms with Crippen LogP contribution < -0.4 is 5.32 Å². The lowest BCUT2D eigenvalue weighted by molar-refractivity contribution is -0.0249. The second-order valence-electron chi connectivity index (χ2n) is 9.19. The molecule has 0 aliphatic carbocycles. The number of nitrogens with zero attached hydrogens (tertiary/aromatic N) is 3. The number of carbonyl (C=O) groups is 1. The maximum atomic E-state index is 14.4. The molecule has 0 bridgehead atoms. The van der Waals surface area contributed by atoms with Crippen LogP contribution in [0, 0.1) is 18.7 Å². The lowest BCUT2D eigenvalue weighted by atomic mass is 9.92. The van der Waals surface area contributed by atoms with Gasteiger partial charge >= 0.3 is 0 Å². The summed E-state index contributed by atoms with van der Waals surface area (Å²) < 4.78 is 22.1. The third-order valence-electron chi connectivity index (χ3n) is 6.68. The molecular formula is C25H29FN4O2. The Balaban J connectivity index is 1.64. The Morgan fingerprint density at radius 1 is 1.19 bits per heavy atom. The molecule has 0 saturated carbocycles. The van der Waals surface area contributed by atoms with E-state index in [-0.39, 0.29) is 18.0 Å². The standard InChI is InChI=1S/C25H29FN4O2/c1-15-13-32-14-16(2)30(15)25(31)23-8-20(26)4-5-21(23)22-7-18(6-19-9-27-10-19)12-29-17(3)28-11-24(22)29/h4-5,7-8,11-12,15-16,19,27H,6,9-10,13-14H2,1-3H3/t15-,16-/m1/s1. The van der Waals surface area contributed by atoms with E-state index in [1.807, 2.05) is 31.9 Å². The number of hydrogen-bond donors (Lipinski definition) is 1. The van der Waals surface area contributed by atoms with E-state index in [0.29, 0.717) is 24.7 Å². The maximum Gasteiger partial charge on any atom is 0.255 e. The van der Waals surface area contributed by atoms with Crippen molar-refractivity contribution in [2.75, 3.05) is 26.3 Å². The van der Waals surface area contributed by atoms with Crippen molar-refractivity contribution >= 4 is 11.4 Å². The van der Waals surface area contributed by atoms with Gasteiger partial charge in [0.05, 0.1) is 42.6 Å². The summed E-state index contributed by atoms with van der Waals surface area (Å²) in [6.45, 7) is 8.91. The summed E-state index contributed by atoms with van der Waals surface area (Å²) in [5.41, 5.74) is 4.14. The summed E-state index contributed by atoms with van der Waals surface area (Å²) in [5.74, 6) is 0.919. The van der Waals surface area contributed by atoms with Gasteiger partial charge in [0.15, 0.2) is 0 Å². The van der Waals surface area contributed by atoms with Gasteiger partial charge in [-0.2, -0.15) is 0 Å². The Hall–Kier alpha value is -2.77. The van der Waals surface area contributed by atoms with E-state index < -0.39 is 5.82 Å². The topological polar surface area (TPSA) is 58.9 Å². The molecule has 2 aliphatic heterocycles. The Bertz CT molecular complexity index is 1160. The number of carbonyl (C=O) groups excluding carboxylic acids is 1. The number of nitrogens with one attached hydrogen (secondary N) is 1. The van der Waals surface area contributed by atoms with Crippen LogP contribution in [0.2, 0.25) is 0 Å². The van der Waals surface area contributed by atoms with Crippen molar-refractivity contribution in [1.82, 2.24) is 19.6 Å².